The quantitative estimate of drug-likeness (QED) is 0.172. The van der Waals surface area contributed by atoms with E-state index in [-0.39, 0.29) is 39.8 Å². The predicted molar refractivity (Wildman–Crippen MR) is 199 cm³/mol. The van der Waals surface area contributed by atoms with Crippen molar-refractivity contribution in [1.29, 1.82) is 0 Å². The Hall–Kier alpha value is -2.05. The summed E-state index contributed by atoms with van der Waals surface area (Å²) in [4.78, 5) is 39.1. The predicted octanol–water partition coefficient (Wildman–Crippen LogP) is 2.15. The zero-order valence-corrected chi connectivity index (χ0v) is 34.2. The van der Waals surface area contributed by atoms with E-state index in [1.165, 1.54) is 0 Å². The van der Waals surface area contributed by atoms with Crippen LogP contribution in [0.3, 0.4) is 0 Å². The summed E-state index contributed by atoms with van der Waals surface area (Å²) < 4.78 is 23.8. The molecule has 0 unspecified atom stereocenters. The fourth-order valence-electron chi connectivity index (χ4n) is 13.4. The molecule has 19 atom stereocenters. The number of hydrogen-bond donors (Lipinski definition) is 8. The van der Waals surface area contributed by atoms with Crippen LogP contribution in [-0.4, -0.2) is 133 Å². The molecule has 5 aliphatic carbocycles. The Morgan fingerprint density at radius 2 is 1.44 bits per heavy atom. The minimum absolute atomic E-state index is 0.00433. The molecule has 7 rings (SSSR count). The van der Waals surface area contributed by atoms with Gasteiger partial charge in [-0.05, 0) is 110 Å². The van der Waals surface area contributed by atoms with E-state index >= 15 is 0 Å². The zero-order chi connectivity index (χ0) is 42.0. The van der Waals surface area contributed by atoms with Gasteiger partial charge in [-0.15, -0.1) is 0 Å². The van der Waals surface area contributed by atoms with E-state index in [2.05, 4.69) is 41.5 Å². The monoisotopic (exact) mass is 808 g/mol. The second-order valence-electron chi connectivity index (χ2n) is 20.6. The highest BCUT2D eigenvalue weighted by Gasteiger charge is 2.71. The van der Waals surface area contributed by atoms with E-state index < -0.39 is 102 Å². The molecule has 2 heterocycles. The number of aliphatic hydroxyl groups is 6. The van der Waals surface area contributed by atoms with Crippen molar-refractivity contribution < 1.29 is 74.2 Å². The summed E-state index contributed by atoms with van der Waals surface area (Å²) in [7, 11) is 0. The number of rotatable bonds is 7. The molecule has 57 heavy (non-hydrogen) atoms. The van der Waals surface area contributed by atoms with Crippen molar-refractivity contribution in [2.75, 3.05) is 6.61 Å². The van der Waals surface area contributed by atoms with Crippen LogP contribution in [0.25, 0.3) is 0 Å². The van der Waals surface area contributed by atoms with Crippen LogP contribution in [0, 0.1) is 50.2 Å². The van der Waals surface area contributed by atoms with Crippen LogP contribution in [0.1, 0.15) is 106 Å². The van der Waals surface area contributed by atoms with Gasteiger partial charge in [0.15, 0.2) is 24.5 Å². The van der Waals surface area contributed by atoms with Gasteiger partial charge in [0.1, 0.15) is 42.7 Å². The van der Waals surface area contributed by atoms with Crippen LogP contribution >= 0.6 is 0 Å². The molecule has 0 amide bonds. The summed E-state index contributed by atoms with van der Waals surface area (Å²) in [5.41, 5.74) is -1.51. The van der Waals surface area contributed by atoms with E-state index in [1.54, 1.807) is 0 Å². The van der Waals surface area contributed by atoms with Gasteiger partial charge in [-0.3, -0.25) is 9.59 Å². The maximum Gasteiger partial charge on any atom is 0.335 e. The molecule has 2 saturated heterocycles. The molecule has 0 aromatic rings. The van der Waals surface area contributed by atoms with E-state index in [1.807, 2.05) is 13.0 Å². The number of carboxylic acids is 2. The number of aliphatic hydroxyl groups excluding tert-OH is 6. The molecule has 7 aliphatic rings. The second kappa shape index (κ2) is 14.3. The molecular formula is C42H64O15. The number of fused-ring (bicyclic) bond motifs is 7. The van der Waals surface area contributed by atoms with Gasteiger partial charge in [-0.2, -0.15) is 0 Å². The van der Waals surface area contributed by atoms with Gasteiger partial charge in [0.2, 0.25) is 0 Å². The SMILES string of the molecule is CC1(C)[C@@H](O[C@@H]2O[C@H](CO)[C@@H](O)[C@H](O)[C@H]2O[C@@H]2O[C@H](C(=O)O)[C@@H](O)[C@H](O)[C@H]2O)CC[C@]2(C)[C@H]3C(=O)C=C4[C@@H]5C[C@](C)(C(=O)O)CC[C@]5(C)CC[C@@]4(C)[C@]3(C)CC[C@@H]12. The molecule has 15 heteroatoms. The lowest BCUT2D eigenvalue weighted by Crippen LogP contribution is -2.68. The topological polar surface area (TPSA) is 250 Å². The molecule has 0 spiro atoms. The number of aliphatic carboxylic acids is 2. The van der Waals surface area contributed by atoms with Crippen molar-refractivity contribution in [2.24, 2.45) is 50.2 Å². The standard InChI is InChI=1S/C42H64O15/c1-37(2)23-8-11-42(7)32(21(44)16-19-20-17-39(4,36(52)53)13-12-38(20,3)14-15-41(19,42)6)40(23,5)10-9-24(37)55-35-31(27(47)25(45)22(18-43)54-35)57-34-29(49)26(46)28(48)30(56-34)33(50)51/h16,20,22-32,34-35,43,45-49H,8-15,17-18H2,1-7H3,(H,50,51)(H,52,53)/t20-,22+,23-,24-,25+,26-,27-,28-,29+,30-,31+,32+,34-,35-,38+,39+,40-,41+,42+/m0/s1. The summed E-state index contributed by atoms with van der Waals surface area (Å²) in [6, 6.07) is 0. The molecule has 4 saturated carbocycles. The molecule has 0 aromatic heterocycles. The fourth-order valence-corrected chi connectivity index (χ4v) is 13.4. The molecule has 8 N–H and O–H groups in total. The summed E-state index contributed by atoms with van der Waals surface area (Å²) in [6.45, 7) is 14.4. The normalized spacial score (nSPS) is 53.4. The first kappa shape index (κ1) is 43.1. The molecule has 0 radical (unpaired) electrons. The molecule has 0 aromatic carbocycles. The van der Waals surface area contributed by atoms with Crippen LogP contribution in [0.15, 0.2) is 11.6 Å². The van der Waals surface area contributed by atoms with Crippen molar-refractivity contribution in [3.63, 3.8) is 0 Å². The molecule has 2 aliphatic heterocycles. The van der Waals surface area contributed by atoms with Gasteiger partial charge < -0.3 is 59.8 Å². The Bertz CT molecular complexity index is 1650. The Labute approximate surface area is 333 Å². The van der Waals surface area contributed by atoms with E-state index in [0.29, 0.717) is 25.7 Å². The Kier molecular flexibility index (Phi) is 10.8. The first-order valence-electron chi connectivity index (χ1n) is 20.8. The Morgan fingerprint density at radius 3 is 2.07 bits per heavy atom. The van der Waals surface area contributed by atoms with Crippen molar-refractivity contribution in [2.45, 2.75) is 174 Å². The van der Waals surface area contributed by atoms with Gasteiger partial charge >= 0.3 is 11.9 Å². The van der Waals surface area contributed by atoms with Gasteiger partial charge in [-0.1, -0.05) is 47.1 Å². The van der Waals surface area contributed by atoms with Gasteiger partial charge in [0.25, 0.3) is 0 Å². The number of allylic oxidation sites excluding steroid dienone is 2. The van der Waals surface area contributed by atoms with Crippen LogP contribution < -0.4 is 0 Å². The number of carbonyl (C=O) groups is 3. The van der Waals surface area contributed by atoms with Crippen LogP contribution in [0.5, 0.6) is 0 Å². The third-order valence-corrected chi connectivity index (χ3v) is 17.3. The van der Waals surface area contributed by atoms with E-state index in [9.17, 15) is 55.2 Å². The zero-order valence-electron chi connectivity index (χ0n) is 34.2. The summed E-state index contributed by atoms with van der Waals surface area (Å²) in [5, 5.41) is 83.3. The lowest BCUT2D eigenvalue weighted by molar-refractivity contribution is -0.375. The van der Waals surface area contributed by atoms with Crippen LogP contribution in [0.2, 0.25) is 0 Å². The summed E-state index contributed by atoms with van der Waals surface area (Å²) >= 11 is 0. The smallest absolute Gasteiger partial charge is 0.335 e. The van der Waals surface area contributed by atoms with Crippen molar-refractivity contribution >= 4 is 17.7 Å². The number of ether oxygens (including phenoxy) is 4. The molecule has 322 valence electrons. The second-order valence-corrected chi connectivity index (χ2v) is 20.6. The molecular weight excluding hydrogens is 744 g/mol. The van der Waals surface area contributed by atoms with Crippen LogP contribution in [-0.2, 0) is 33.3 Å². The summed E-state index contributed by atoms with van der Waals surface area (Å²) in [6.07, 6.45) is -9.70. The number of carbonyl (C=O) groups excluding carboxylic acids is 1. The molecule has 0 bridgehead atoms. The van der Waals surface area contributed by atoms with Crippen LogP contribution in [0.4, 0.5) is 0 Å². The third-order valence-electron chi connectivity index (χ3n) is 17.3. The first-order chi connectivity index (χ1) is 26.4. The molecule has 15 nitrogen and oxygen atoms in total. The maximum atomic E-state index is 14.8. The Morgan fingerprint density at radius 1 is 0.772 bits per heavy atom. The van der Waals surface area contributed by atoms with Crippen molar-refractivity contribution in [1.82, 2.24) is 0 Å². The number of hydrogen-bond acceptors (Lipinski definition) is 13. The number of ketones is 1. The van der Waals surface area contributed by atoms with E-state index in [4.69, 9.17) is 18.9 Å². The number of carboxylic acid groups (broad SMARTS) is 2. The first-order valence-corrected chi connectivity index (χ1v) is 20.8. The summed E-state index contributed by atoms with van der Waals surface area (Å²) in [5.74, 6) is -2.62. The third kappa shape index (κ3) is 6.31. The fraction of sp³-hybridized carbons (Fsp3) is 0.881. The minimum atomic E-state index is -1.98. The highest BCUT2D eigenvalue weighted by molar-refractivity contribution is 5.95. The average molecular weight is 809 g/mol. The van der Waals surface area contributed by atoms with Gasteiger partial charge in [0, 0.05) is 5.92 Å². The highest BCUT2D eigenvalue weighted by Crippen LogP contribution is 2.75. The van der Waals surface area contributed by atoms with Gasteiger partial charge in [-0.25, -0.2) is 4.79 Å². The minimum Gasteiger partial charge on any atom is -0.481 e. The van der Waals surface area contributed by atoms with Crippen molar-refractivity contribution in [3.05, 3.63) is 11.6 Å². The lowest BCUT2D eigenvalue weighted by atomic mass is 9.33. The highest BCUT2D eigenvalue weighted by atomic mass is 16.8. The van der Waals surface area contributed by atoms with Gasteiger partial charge in [0.05, 0.1) is 18.1 Å². The Balaban J connectivity index is 1.16. The lowest BCUT2D eigenvalue weighted by Gasteiger charge is -2.70. The van der Waals surface area contributed by atoms with Crippen molar-refractivity contribution in [3.8, 4) is 0 Å². The largest absolute Gasteiger partial charge is 0.481 e. The average Bonchev–Trinajstić information content (AvgIpc) is 3.13. The maximum absolute atomic E-state index is 14.8. The molecule has 6 fully saturated rings. The van der Waals surface area contributed by atoms with E-state index in [0.717, 1.165) is 37.7 Å².